The molecule has 0 heterocycles. The van der Waals surface area contributed by atoms with Crippen molar-refractivity contribution in [3.05, 3.63) is 42.0 Å². The molecule has 112 valence electrons. The maximum absolute atomic E-state index is 5.27. The highest BCUT2D eigenvalue weighted by atomic mass is 16.5. The quantitative estimate of drug-likeness (QED) is 0.729. The number of methoxy groups -OCH3 is 1. The van der Waals surface area contributed by atoms with Gasteiger partial charge in [-0.2, -0.15) is 0 Å². The summed E-state index contributed by atoms with van der Waals surface area (Å²) >= 11 is 0. The van der Waals surface area contributed by atoms with Gasteiger partial charge in [0.1, 0.15) is 5.75 Å². The van der Waals surface area contributed by atoms with Crippen molar-refractivity contribution < 1.29 is 4.74 Å². The molecule has 0 saturated heterocycles. The summed E-state index contributed by atoms with van der Waals surface area (Å²) in [7, 11) is 1.72. The van der Waals surface area contributed by atoms with Gasteiger partial charge in [0.2, 0.25) is 0 Å². The Hall–Kier alpha value is -1.54. The van der Waals surface area contributed by atoms with Gasteiger partial charge in [0.15, 0.2) is 0 Å². The molecule has 0 spiro atoms. The first-order valence-electron chi connectivity index (χ1n) is 8.15. The van der Waals surface area contributed by atoms with Gasteiger partial charge >= 0.3 is 0 Å². The van der Waals surface area contributed by atoms with Crippen LogP contribution in [0.15, 0.2) is 36.4 Å². The van der Waals surface area contributed by atoms with Crippen LogP contribution in [0.2, 0.25) is 0 Å². The molecule has 1 aliphatic carbocycles. The fourth-order valence-electron chi connectivity index (χ4n) is 2.78. The van der Waals surface area contributed by atoms with Gasteiger partial charge < -0.3 is 10.1 Å². The van der Waals surface area contributed by atoms with Crippen LogP contribution in [0.1, 0.15) is 37.7 Å². The second-order valence-corrected chi connectivity index (χ2v) is 6.09. The van der Waals surface area contributed by atoms with Crippen LogP contribution in [0.4, 0.5) is 0 Å². The number of hydrogen-bond donors (Lipinski definition) is 1. The molecule has 1 N–H and O–H groups in total. The minimum absolute atomic E-state index is 0.850. The lowest BCUT2D eigenvalue weighted by molar-refractivity contribution is 0.415. The van der Waals surface area contributed by atoms with Crippen molar-refractivity contribution in [2.24, 2.45) is 0 Å². The summed E-state index contributed by atoms with van der Waals surface area (Å²) in [5, 5.41) is 6.14. The average molecular weight is 283 g/mol. The molecule has 2 aromatic carbocycles. The lowest BCUT2D eigenvalue weighted by Gasteiger charge is -2.06. The maximum atomic E-state index is 5.27. The molecule has 2 aromatic rings. The first-order valence-corrected chi connectivity index (χ1v) is 8.15. The molecular weight excluding hydrogens is 258 g/mol. The van der Waals surface area contributed by atoms with Crippen molar-refractivity contribution in [3.8, 4) is 5.75 Å². The topological polar surface area (TPSA) is 21.3 Å². The smallest absolute Gasteiger partial charge is 0.119 e. The van der Waals surface area contributed by atoms with Crippen LogP contribution >= 0.6 is 0 Å². The van der Waals surface area contributed by atoms with E-state index in [1.54, 1.807) is 7.11 Å². The Labute approximate surface area is 127 Å². The van der Waals surface area contributed by atoms with Crippen LogP contribution in [0.5, 0.6) is 5.75 Å². The first-order chi connectivity index (χ1) is 10.3. The van der Waals surface area contributed by atoms with E-state index in [9.17, 15) is 0 Å². The van der Waals surface area contributed by atoms with Crippen molar-refractivity contribution in [2.75, 3.05) is 13.7 Å². The van der Waals surface area contributed by atoms with Crippen LogP contribution in [-0.4, -0.2) is 19.7 Å². The minimum atomic E-state index is 0.850. The van der Waals surface area contributed by atoms with Crippen molar-refractivity contribution in [1.29, 1.82) is 0 Å². The Morgan fingerprint density at radius 1 is 1.00 bits per heavy atom. The Kier molecular flexibility index (Phi) is 4.76. The Balaban J connectivity index is 1.47. The predicted octanol–water partition coefficient (Wildman–Crippen LogP) is 4.31. The van der Waals surface area contributed by atoms with Crippen LogP contribution in [-0.2, 0) is 6.42 Å². The molecule has 0 bridgehead atoms. The Bertz CT molecular complexity index is 589. The molecule has 0 radical (unpaired) electrons. The number of rotatable bonds is 8. The largest absolute Gasteiger partial charge is 0.497 e. The molecule has 2 heteroatoms. The highest BCUT2D eigenvalue weighted by molar-refractivity contribution is 5.84. The van der Waals surface area contributed by atoms with Crippen molar-refractivity contribution in [2.45, 2.75) is 44.6 Å². The third-order valence-corrected chi connectivity index (χ3v) is 4.26. The highest BCUT2D eigenvalue weighted by Crippen LogP contribution is 2.22. The van der Waals surface area contributed by atoms with Crippen LogP contribution < -0.4 is 10.1 Å². The summed E-state index contributed by atoms with van der Waals surface area (Å²) < 4.78 is 5.27. The zero-order valence-corrected chi connectivity index (χ0v) is 12.9. The highest BCUT2D eigenvalue weighted by Gasteiger charge is 2.19. The van der Waals surface area contributed by atoms with Gasteiger partial charge in [0.05, 0.1) is 7.11 Å². The van der Waals surface area contributed by atoms with Gasteiger partial charge in [-0.25, -0.2) is 0 Å². The molecule has 0 aromatic heterocycles. The van der Waals surface area contributed by atoms with Crippen LogP contribution in [0.3, 0.4) is 0 Å². The molecule has 3 rings (SSSR count). The van der Waals surface area contributed by atoms with Crippen LogP contribution in [0.25, 0.3) is 10.8 Å². The van der Waals surface area contributed by atoms with E-state index >= 15 is 0 Å². The van der Waals surface area contributed by atoms with Gasteiger partial charge in [-0.15, -0.1) is 0 Å². The summed E-state index contributed by atoms with van der Waals surface area (Å²) in [5.41, 5.74) is 1.45. The molecule has 2 nitrogen and oxygen atoms in total. The first kappa shape index (κ1) is 14.4. The summed E-state index contributed by atoms with van der Waals surface area (Å²) in [6.07, 6.45) is 7.88. The predicted molar refractivity (Wildman–Crippen MR) is 89.1 cm³/mol. The summed E-state index contributed by atoms with van der Waals surface area (Å²) in [6.45, 7) is 1.20. The van der Waals surface area contributed by atoms with Gasteiger partial charge in [-0.1, -0.05) is 30.7 Å². The van der Waals surface area contributed by atoms with Gasteiger partial charge in [-0.05, 0) is 67.1 Å². The molecular formula is C19H25NO. The number of aryl methyl sites for hydroxylation is 1. The van der Waals surface area contributed by atoms with E-state index in [1.165, 1.54) is 61.4 Å². The number of fused-ring (bicyclic) bond motifs is 1. The molecule has 0 amide bonds. The normalized spacial score (nSPS) is 14.5. The standard InChI is InChI=1S/C19H25NO/c1-21-19-11-8-16-13-15(6-7-17(16)14-19)5-3-2-4-12-20-18-9-10-18/h6-8,11,13-14,18,20H,2-5,9-10,12H2,1H3. The molecule has 0 unspecified atom stereocenters. The fourth-order valence-corrected chi connectivity index (χ4v) is 2.78. The summed E-state index contributed by atoms with van der Waals surface area (Å²) in [6, 6.07) is 13.9. The van der Waals surface area contributed by atoms with E-state index in [0.29, 0.717) is 0 Å². The van der Waals surface area contributed by atoms with Crippen molar-refractivity contribution >= 4 is 10.8 Å². The molecule has 0 atom stereocenters. The lowest BCUT2D eigenvalue weighted by atomic mass is 10.0. The zero-order chi connectivity index (χ0) is 14.5. The Morgan fingerprint density at radius 2 is 1.81 bits per heavy atom. The molecule has 0 aliphatic heterocycles. The molecule has 1 saturated carbocycles. The number of unbranched alkanes of at least 4 members (excludes halogenated alkanes) is 2. The lowest BCUT2D eigenvalue weighted by Crippen LogP contribution is -2.17. The van der Waals surface area contributed by atoms with E-state index in [1.807, 2.05) is 6.07 Å². The monoisotopic (exact) mass is 283 g/mol. The zero-order valence-electron chi connectivity index (χ0n) is 12.9. The number of ether oxygens (including phenoxy) is 1. The number of benzene rings is 2. The van der Waals surface area contributed by atoms with E-state index in [4.69, 9.17) is 4.74 Å². The van der Waals surface area contributed by atoms with E-state index in [-0.39, 0.29) is 0 Å². The average Bonchev–Trinajstić information content (AvgIpc) is 3.34. The van der Waals surface area contributed by atoms with E-state index in [0.717, 1.165) is 11.8 Å². The van der Waals surface area contributed by atoms with Crippen LogP contribution in [0, 0.1) is 0 Å². The summed E-state index contributed by atoms with van der Waals surface area (Å²) in [5.74, 6) is 0.929. The molecule has 1 fully saturated rings. The Morgan fingerprint density at radius 3 is 2.62 bits per heavy atom. The minimum Gasteiger partial charge on any atom is -0.497 e. The second-order valence-electron chi connectivity index (χ2n) is 6.09. The fraction of sp³-hybridized carbons (Fsp3) is 0.474. The third kappa shape index (κ3) is 4.21. The molecule has 1 aliphatic rings. The van der Waals surface area contributed by atoms with Gasteiger partial charge in [-0.3, -0.25) is 0 Å². The van der Waals surface area contributed by atoms with E-state index in [2.05, 4.69) is 35.6 Å². The van der Waals surface area contributed by atoms with Gasteiger partial charge in [0, 0.05) is 6.04 Å². The van der Waals surface area contributed by atoms with Crippen molar-refractivity contribution in [1.82, 2.24) is 5.32 Å². The second kappa shape index (κ2) is 6.95. The summed E-state index contributed by atoms with van der Waals surface area (Å²) in [4.78, 5) is 0. The van der Waals surface area contributed by atoms with E-state index < -0.39 is 0 Å². The third-order valence-electron chi connectivity index (χ3n) is 4.26. The van der Waals surface area contributed by atoms with Crippen molar-refractivity contribution in [3.63, 3.8) is 0 Å². The SMILES string of the molecule is COc1ccc2cc(CCCCCNC3CC3)ccc2c1. The number of hydrogen-bond acceptors (Lipinski definition) is 2. The maximum Gasteiger partial charge on any atom is 0.119 e. The molecule has 21 heavy (non-hydrogen) atoms. The van der Waals surface area contributed by atoms with Gasteiger partial charge in [0.25, 0.3) is 0 Å². The number of nitrogens with one attached hydrogen (secondary N) is 1.